The normalized spacial score (nSPS) is 18.0. The third-order valence-electron chi connectivity index (χ3n) is 3.54. The van der Waals surface area contributed by atoms with E-state index in [2.05, 4.69) is 5.32 Å². The zero-order valence-corrected chi connectivity index (χ0v) is 13.1. The fraction of sp³-hybridized carbons (Fsp3) is 0.500. The molecule has 0 radical (unpaired) electrons. The molecule has 0 bridgehead atoms. The first-order chi connectivity index (χ1) is 10.7. The third-order valence-corrected chi connectivity index (χ3v) is 5.44. The maximum Gasteiger partial charge on any atom is 0.416 e. The van der Waals surface area contributed by atoms with Crippen molar-refractivity contribution in [3.63, 3.8) is 0 Å². The Morgan fingerprint density at radius 1 is 1.22 bits per heavy atom. The van der Waals surface area contributed by atoms with Crippen LogP contribution in [0.4, 0.5) is 13.2 Å². The van der Waals surface area contributed by atoms with Crippen molar-refractivity contribution in [2.24, 2.45) is 0 Å². The van der Waals surface area contributed by atoms with Gasteiger partial charge in [0.1, 0.15) is 0 Å². The van der Waals surface area contributed by atoms with Crippen molar-refractivity contribution in [2.45, 2.75) is 19.0 Å². The molecule has 0 unspecified atom stereocenters. The van der Waals surface area contributed by atoms with Crippen LogP contribution in [0, 0.1) is 0 Å². The van der Waals surface area contributed by atoms with Gasteiger partial charge in [-0.3, -0.25) is 4.79 Å². The number of rotatable bonds is 5. The molecule has 1 saturated heterocycles. The number of sulfonamides is 1. The molecule has 0 aromatic heterocycles. The zero-order valence-electron chi connectivity index (χ0n) is 12.3. The minimum atomic E-state index is -4.37. The summed E-state index contributed by atoms with van der Waals surface area (Å²) in [7, 11) is -3.31. The molecular formula is C14H17F3N2O3S. The second kappa shape index (κ2) is 6.88. The number of carbonyl (C=O) groups excluding carboxylic acids is 1. The van der Waals surface area contributed by atoms with Crippen LogP contribution in [0.1, 0.15) is 17.5 Å². The molecule has 0 saturated carbocycles. The molecule has 1 aliphatic rings. The molecule has 1 aromatic rings. The van der Waals surface area contributed by atoms with Gasteiger partial charge in [-0.1, -0.05) is 12.1 Å². The Morgan fingerprint density at radius 2 is 1.87 bits per heavy atom. The largest absolute Gasteiger partial charge is 0.416 e. The van der Waals surface area contributed by atoms with Crippen molar-refractivity contribution in [3.05, 3.63) is 35.4 Å². The van der Waals surface area contributed by atoms with Crippen molar-refractivity contribution in [1.29, 1.82) is 0 Å². The summed E-state index contributed by atoms with van der Waals surface area (Å²) in [6, 6.07) is 4.71. The number of amides is 1. The Hall–Kier alpha value is -1.61. The average Bonchev–Trinajstić information content (AvgIpc) is 2.77. The number of carbonyl (C=O) groups is 1. The lowest BCUT2D eigenvalue weighted by Gasteiger charge is -2.14. The number of alkyl halides is 3. The molecule has 1 aliphatic heterocycles. The van der Waals surface area contributed by atoms with Crippen LogP contribution in [-0.4, -0.2) is 44.0 Å². The second-order valence-electron chi connectivity index (χ2n) is 5.30. The van der Waals surface area contributed by atoms with Gasteiger partial charge < -0.3 is 5.32 Å². The van der Waals surface area contributed by atoms with Gasteiger partial charge in [0, 0.05) is 13.1 Å². The van der Waals surface area contributed by atoms with Crippen LogP contribution in [0.5, 0.6) is 0 Å². The maximum atomic E-state index is 12.4. The van der Waals surface area contributed by atoms with E-state index in [4.69, 9.17) is 0 Å². The van der Waals surface area contributed by atoms with Crippen LogP contribution in [0.25, 0.3) is 0 Å². The first-order valence-corrected chi connectivity index (χ1v) is 8.70. The molecule has 1 N–H and O–H groups in total. The third kappa shape index (κ3) is 4.93. The lowest BCUT2D eigenvalue weighted by atomic mass is 10.1. The number of nitrogens with zero attached hydrogens (tertiary/aromatic N) is 1. The molecule has 1 heterocycles. The summed E-state index contributed by atoms with van der Waals surface area (Å²) in [6.07, 6.45) is -3.48. The highest BCUT2D eigenvalue weighted by Gasteiger charge is 2.30. The maximum absolute atomic E-state index is 12.4. The van der Waals surface area contributed by atoms with Crippen LogP contribution < -0.4 is 5.32 Å². The molecule has 9 heteroatoms. The van der Waals surface area contributed by atoms with Gasteiger partial charge in [-0.05, 0) is 30.5 Å². The summed E-state index contributed by atoms with van der Waals surface area (Å²) < 4.78 is 61.5. The molecule has 23 heavy (non-hydrogen) atoms. The van der Waals surface area contributed by atoms with Crippen LogP contribution in [0.15, 0.2) is 24.3 Å². The first kappa shape index (κ1) is 17.7. The minimum Gasteiger partial charge on any atom is -0.355 e. The topological polar surface area (TPSA) is 66.5 Å². The summed E-state index contributed by atoms with van der Waals surface area (Å²) in [5.74, 6) is -0.353. The smallest absolute Gasteiger partial charge is 0.355 e. The highest BCUT2D eigenvalue weighted by Crippen LogP contribution is 2.29. The van der Waals surface area contributed by atoms with Crippen molar-refractivity contribution in [3.8, 4) is 0 Å². The van der Waals surface area contributed by atoms with Gasteiger partial charge >= 0.3 is 6.18 Å². The van der Waals surface area contributed by atoms with E-state index in [1.165, 1.54) is 12.1 Å². The van der Waals surface area contributed by atoms with E-state index >= 15 is 0 Å². The Morgan fingerprint density at radius 3 is 2.39 bits per heavy atom. The summed E-state index contributed by atoms with van der Waals surface area (Å²) in [5, 5.41) is 2.57. The molecule has 2 rings (SSSR count). The number of halogens is 3. The van der Waals surface area contributed by atoms with Gasteiger partial charge in [0.15, 0.2) is 0 Å². The van der Waals surface area contributed by atoms with Gasteiger partial charge in [0.2, 0.25) is 15.9 Å². The average molecular weight is 350 g/mol. The van der Waals surface area contributed by atoms with E-state index in [9.17, 15) is 26.4 Å². The highest BCUT2D eigenvalue weighted by molar-refractivity contribution is 7.89. The predicted molar refractivity (Wildman–Crippen MR) is 78.1 cm³/mol. The molecular weight excluding hydrogens is 333 g/mol. The van der Waals surface area contributed by atoms with Crippen molar-refractivity contribution >= 4 is 15.9 Å². The van der Waals surface area contributed by atoms with Crippen LogP contribution in [0.3, 0.4) is 0 Å². The van der Waals surface area contributed by atoms with Gasteiger partial charge in [0.25, 0.3) is 0 Å². The molecule has 5 nitrogen and oxygen atoms in total. The summed E-state index contributed by atoms with van der Waals surface area (Å²) in [4.78, 5) is 11.7. The van der Waals surface area contributed by atoms with E-state index in [1.54, 1.807) is 0 Å². The molecule has 0 aliphatic carbocycles. The van der Waals surface area contributed by atoms with Gasteiger partial charge in [-0.25, -0.2) is 8.42 Å². The quantitative estimate of drug-likeness (QED) is 0.873. The number of benzene rings is 1. The summed E-state index contributed by atoms with van der Waals surface area (Å²) >= 11 is 0. The summed E-state index contributed by atoms with van der Waals surface area (Å²) in [5.41, 5.74) is -0.0587. The Kier molecular flexibility index (Phi) is 5.30. The van der Waals surface area contributed by atoms with Crippen LogP contribution in [-0.2, 0) is 27.4 Å². The number of hydrogen-bond acceptors (Lipinski definition) is 3. The predicted octanol–water partition coefficient (Wildman–Crippen LogP) is 1.40. The SMILES string of the molecule is O=C(CN1CCCS1(=O)=O)NCCc1ccc(C(F)(F)F)cc1. The van der Waals surface area contributed by atoms with E-state index < -0.39 is 27.7 Å². The number of hydrogen-bond donors (Lipinski definition) is 1. The Bertz CT molecular complexity index is 657. The van der Waals surface area contributed by atoms with E-state index in [1.807, 2.05) is 0 Å². The Labute approximate surface area is 132 Å². The fourth-order valence-electron chi connectivity index (χ4n) is 2.29. The van der Waals surface area contributed by atoms with E-state index in [0.717, 1.165) is 16.4 Å². The van der Waals surface area contributed by atoms with Crippen molar-refractivity contribution in [1.82, 2.24) is 9.62 Å². The van der Waals surface area contributed by atoms with Crippen molar-refractivity contribution in [2.75, 3.05) is 25.4 Å². The lowest BCUT2D eigenvalue weighted by Crippen LogP contribution is -2.38. The second-order valence-corrected chi connectivity index (χ2v) is 7.39. The van der Waals surface area contributed by atoms with Gasteiger partial charge in [-0.2, -0.15) is 17.5 Å². The number of nitrogens with one attached hydrogen (secondary N) is 1. The molecule has 1 fully saturated rings. The molecule has 1 amide bonds. The highest BCUT2D eigenvalue weighted by atomic mass is 32.2. The molecule has 1 aromatic carbocycles. The van der Waals surface area contributed by atoms with Crippen LogP contribution in [0.2, 0.25) is 0 Å². The van der Waals surface area contributed by atoms with E-state index in [-0.39, 0.29) is 18.8 Å². The van der Waals surface area contributed by atoms with Gasteiger partial charge in [0.05, 0.1) is 17.9 Å². The molecule has 0 atom stereocenters. The van der Waals surface area contributed by atoms with Crippen LogP contribution >= 0.6 is 0 Å². The minimum absolute atomic E-state index is 0.0613. The monoisotopic (exact) mass is 350 g/mol. The Balaban J connectivity index is 1.77. The van der Waals surface area contributed by atoms with Gasteiger partial charge in [-0.15, -0.1) is 0 Å². The molecule has 128 valence electrons. The zero-order chi connectivity index (χ0) is 17.1. The van der Waals surface area contributed by atoms with Crippen molar-refractivity contribution < 1.29 is 26.4 Å². The summed E-state index contributed by atoms with van der Waals surface area (Å²) in [6.45, 7) is 0.363. The standard InChI is InChI=1S/C14H17F3N2O3S/c15-14(16,17)12-4-2-11(3-5-12)6-7-18-13(20)10-19-8-1-9-23(19,21)22/h2-5H,1,6-10H2,(H,18,20). The van der Waals surface area contributed by atoms with E-state index in [0.29, 0.717) is 24.9 Å². The first-order valence-electron chi connectivity index (χ1n) is 7.09. The molecule has 0 spiro atoms. The lowest BCUT2D eigenvalue weighted by molar-refractivity contribution is -0.137. The fourth-order valence-corrected chi connectivity index (χ4v) is 3.76.